The third-order valence-electron chi connectivity index (χ3n) is 13.2. The summed E-state index contributed by atoms with van der Waals surface area (Å²) in [6.45, 7) is 11.6. The van der Waals surface area contributed by atoms with Crippen molar-refractivity contribution >= 4 is 103 Å². The Bertz CT molecular complexity index is 3970. The second-order valence-electron chi connectivity index (χ2n) is 22.1. The van der Waals surface area contributed by atoms with E-state index in [1.54, 1.807) is 123 Å². The third-order valence-corrected chi connectivity index (χ3v) is 13.2. The fraction of sp³-hybridized carbons (Fsp3) is 0.323. The second kappa shape index (κ2) is 27.8. The highest BCUT2D eigenvalue weighted by molar-refractivity contribution is 6.03. The second-order valence-corrected chi connectivity index (χ2v) is 22.1. The molecule has 0 aliphatic rings. The number of ether oxygens (including phenoxy) is 6. The van der Waals surface area contributed by atoms with Crippen LogP contribution in [-0.4, -0.2) is 150 Å². The Kier molecular flexibility index (Phi) is 19.6. The van der Waals surface area contributed by atoms with E-state index in [1.807, 2.05) is 65.8 Å². The van der Waals surface area contributed by atoms with Crippen molar-refractivity contribution in [3.05, 3.63) is 110 Å². The van der Waals surface area contributed by atoms with Crippen LogP contribution in [0.5, 0.6) is 11.8 Å². The molecule has 10 heterocycles. The lowest BCUT2D eigenvalue weighted by atomic mass is 10.1. The average Bonchev–Trinajstić information content (AvgIpc) is 1.70. The molecule has 0 saturated heterocycles. The number of esters is 2. The Balaban J connectivity index is 0.000000213. The molecule has 468 valence electrons. The zero-order chi connectivity index (χ0) is 64.3. The molecule has 0 aliphatic carbocycles. The van der Waals surface area contributed by atoms with Crippen molar-refractivity contribution in [1.29, 1.82) is 0 Å². The summed E-state index contributed by atoms with van der Waals surface area (Å²) >= 11 is 0. The van der Waals surface area contributed by atoms with E-state index in [4.69, 9.17) is 39.1 Å². The van der Waals surface area contributed by atoms with Gasteiger partial charge in [0.1, 0.15) is 46.1 Å². The van der Waals surface area contributed by atoms with Crippen molar-refractivity contribution in [1.82, 2.24) is 59.1 Å². The van der Waals surface area contributed by atoms with Crippen molar-refractivity contribution in [3.8, 4) is 34.5 Å². The van der Waals surface area contributed by atoms with E-state index in [-0.39, 0.29) is 24.8 Å². The molecule has 0 atom stereocenters. The Morgan fingerprint density at radius 1 is 0.511 bits per heavy atom. The van der Waals surface area contributed by atoms with Crippen LogP contribution in [-0.2, 0) is 28.5 Å². The zero-order valence-electron chi connectivity index (χ0n) is 52.0. The molecule has 0 aliphatic heterocycles. The first kappa shape index (κ1) is 63.4. The molecule has 90 heavy (non-hydrogen) atoms. The number of methoxy groups -OCH3 is 2. The summed E-state index contributed by atoms with van der Waals surface area (Å²) in [5, 5.41) is 25.3. The highest BCUT2D eigenvalue weighted by atomic mass is 16.6. The van der Waals surface area contributed by atoms with Gasteiger partial charge in [-0.2, -0.15) is 9.97 Å². The van der Waals surface area contributed by atoms with Crippen LogP contribution >= 0.6 is 0 Å². The SMILES string of the molecule is CNc1ncc(-c2nc3ccc(N(C)C(=O)OC(C)(C)C)cn3n2)c2cc(Nc3cccc(OCCCC(=O)OC)n3)ncc12.CNc1ncc(-c2nc3ccc(N(C)C(=O)OC(C)(C)C)cn3n2)c2cc(Nc3cccc(OCCCC(=O)OC)n3)ncc12. The lowest BCUT2D eigenvalue weighted by Crippen LogP contribution is -2.34. The zero-order valence-corrected chi connectivity index (χ0v) is 52.0. The van der Waals surface area contributed by atoms with Crippen LogP contribution in [0.1, 0.15) is 67.2 Å². The normalized spacial score (nSPS) is 11.3. The molecule has 0 bridgehead atoms. The number of nitrogens with zero attached hydrogens (tertiary/aromatic N) is 14. The standard InChI is InChI=1S/2C31H35N9O5/c2*1-31(2,3)45-30(42)39(5)19-12-13-25-37-29(38-40(25)18-19)22-17-34-28(32-4)21-16-33-24(15-20(21)22)35-23-9-7-10-26(36-23)44-14-8-11-27(41)43-6/h2*7,9-10,12-13,15-18H,8,11,14H2,1-6H3,(H,32,34)(H,33,35,36). The van der Waals surface area contributed by atoms with Crippen molar-refractivity contribution in [2.75, 3.05) is 86.7 Å². The average molecular weight is 1230 g/mol. The van der Waals surface area contributed by atoms with Crippen molar-refractivity contribution in [2.45, 2.75) is 78.4 Å². The molecule has 0 radical (unpaired) electrons. The molecule has 10 rings (SSSR count). The molecule has 0 fully saturated rings. The van der Waals surface area contributed by atoms with Crippen LogP contribution in [0.15, 0.2) is 110 Å². The van der Waals surface area contributed by atoms with E-state index in [1.165, 1.54) is 24.0 Å². The smallest absolute Gasteiger partial charge is 0.414 e. The van der Waals surface area contributed by atoms with Crippen molar-refractivity contribution < 1.29 is 47.6 Å². The monoisotopic (exact) mass is 1230 g/mol. The number of hydrogen-bond donors (Lipinski definition) is 4. The molecule has 0 saturated carbocycles. The van der Waals surface area contributed by atoms with Gasteiger partial charge in [-0.05, 0) is 103 Å². The van der Waals surface area contributed by atoms with Crippen LogP contribution in [0.25, 0.3) is 55.6 Å². The number of aromatic nitrogens is 12. The van der Waals surface area contributed by atoms with Gasteiger partial charge < -0.3 is 49.7 Å². The van der Waals surface area contributed by atoms with Gasteiger partial charge in [-0.1, -0.05) is 12.1 Å². The number of fused-ring (bicyclic) bond motifs is 4. The van der Waals surface area contributed by atoms with Gasteiger partial charge in [0.15, 0.2) is 22.9 Å². The first-order chi connectivity index (χ1) is 43.1. The Morgan fingerprint density at radius 3 is 1.30 bits per heavy atom. The number of rotatable bonds is 20. The summed E-state index contributed by atoms with van der Waals surface area (Å²) in [6.07, 6.45) is 10.9. The molecule has 0 unspecified atom stereocenters. The molecule has 10 aromatic rings. The predicted molar refractivity (Wildman–Crippen MR) is 340 cm³/mol. The minimum Gasteiger partial charge on any atom is -0.478 e. The summed E-state index contributed by atoms with van der Waals surface area (Å²) in [5.74, 6) is 4.61. The molecular weight excluding hydrogens is 1160 g/mol. The third kappa shape index (κ3) is 15.9. The van der Waals surface area contributed by atoms with Gasteiger partial charge in [0.25, 0.3) is 0 Å². The van der Waals surface area contributed by atoms with E-state index < -0.39 is 23.4 Å². The van der Waals surface area contributed by atoms with E-state index in [0.29, 0.717) is 118 Å². The fourth-order valence-electron chi connectivity index (χ4n) is 8.79. The maximum atomic E-state index is 12.6. The van der Waals surface area contributed by atoms with Crippen LogP contribution < -0.4 is 40.5 Å². The van der Waals surface area contributed by atoms with E-state index in [2.05, 4.69) is 60.6 Å². The summed E-state index contributed by atoms with van der Waals surface area (Å²) in [5.41, 5.74) is 2.52. The number of carbonyl (C=O) groups excluding carboxylic acids is 4. The minimum atomic E-state index is -0.620. The van der Waals surface area contributed by atoms with Gasteiger partial charge in [0.2, 0.25) is 11.8 Å². The lowest BCUT2D eigenvalue weighted by Gasteiger charge is -2.24. The maximum absolute atomic E-state index is 12.6. The Labute approximate surface area is 517 Å². The van der Waals surface area contributed by atoms with Gasteiger partial charge >= 0.3 is 24.1 Å². The quantitative estimate of drug-likeness (QED) is 0.0313. The van der Waals surface area contributed by atoms with Crippen LogP contribution in [0.3, 0.4) is 0 Å². The number of amides is 2. The largest absolute Gasteiger partial charge is 0.478 e. The van der Waals surface area contributed by atoms with E-state index in [9.17, 15) is 19.2 Å². The molecule has 0 spiro atoms. The number of carbonyl (C=O) groups is 4. The summed E-state index contributed by atoms with van der Waals surface area (Å²) in [7, 11) is 9.59. The maximum Gasteiger partial charge on any atom is 0.414 e. The van der Waals surface area contributed by atoms with Crippen molar-refractivity contribution in [2.24, 2.45) is 0 Å². The molecule has 28 heteroatoms. The summed E-state index contributed by atoms with van der Waals surface area (Å²) in [6, 6.07) is 21.6. The molecule has 4 N–H and O–H groups in total. The first-order valence-electron chi connectivity index (χ1n) is 28.6. The highest BCUT2D eigenvalue weighted by Crippen LogP contribution is 2.35. The van der Waals surface area contributed by atoms with Crippen LogP contribution in [0, 0.1) is 0 Å². The Morgan fingerprint density at radius 2 is 0.922 bits per heavy atom. The molecule has 2 amide bonds. The molecule has 0 aromatic carbocycles. The van der Waals surface area contributed by atoms with Gasteiger partial charge in [0, 0.05) is 111 Å². The molecule has 28 nitrogen and oxygen atoms in total. The Hall–Kier alpha value is -11.1. The van der Waals surface area contributed by atoms with Crippen LogP contribution in [0.2, 0.25) is 0 Å². The minimum absolute atomic E-state index is 0.271. The van der Waals surface area contributed by atoms with Gasteiger partial charge in [-0.3, -0.25) is 19.4 Å². The van der Waals surface area contributed by atoms with E-state index >= 15 is 0 Å². The molecular formula is C62H70N18O10. The summed E-state index contributed by atoms with van der Waals surface area (Å²) in [4.78, 5) is 87.5. The fourth-order valence-corrected chi connectivity index (χ4v) is 8.79. The lowest BCUT2D eigenvalue weighted by molar-refractivity contribution is -0.141. The predicted octanol–water partition coefficient (Wildman–Crippen LogP) is 10.4. The highest BCUT2D eigenvalue weighted by Gasteiger charge is 2.24. The molecule has 10 aromatic heterocycles. The first-order valence-corrected chi connectivity index (χ1v) is 28.6. The number of pyridine rings is 8. The van der Waals surface area contributed by atoms with Crippen LogP contribution in [0.4, 0.5) is 55.9 Å². The van der Waals surface area contributed by atoms with Crippen molar-refractivity contribution in [3.63, 3.8) is 0 Å². The number of anilines is 8. The van der Waals surface area contributed by atoms with Gasteiger partial charge in [-0.15, -0.1) is 10.2 Å². The summed E-state index contributed by atoms with van der Waals surface area (Å²) < 4.78 is 34.9. The number of nitrogens with one attached hydrogen (secondary N) is 4. The van der Waals surface area contributed by atoms with Gasteiger partial charge in [-0.25, -0.2) is 48.5 Å². The van der Waals surface area contributed by atoms with E-state index in [0.717, 1.165) is 21.5 Å². The number of hydrogen-bond acceptors (Lipinski definition) is 24. The van der Waals surface area contributed by atoms with Gasteiger partial charge in [0.05, 0.1) is 51.2 Å². The topological polar surface area (TPSA) is 316 Å².